The first-order chi connectivity index (χ1) is 9.29. The Kier molecular flexibility index (Phi) is 3.76. The molecule has 0 saturated heterocycles. The smallest absolute Gasteiger partial charge is 0.339 e. The van der Waals surface area contributed by atoms with E-state index in [2.05, 4.69) is 9.97 Å². The Morgan fingerprint density at radius 1 is 0.900 bits per heavy atom. The van der Waals surface area contributed by atoms with Gasteiger partial charge in [0.25, 0.3) is 0 Å². The zero-order valence-corrected chi connectivity index (χ0v) is 12.7. The van der Waals surface area contributed by atoms with Crippen LogP contribution in [0.3, 0.4) is 0 Å². The predicted octanol–water partition coefficient (Wildman–Crippen LogP) is 2.48. The van der Waals surface area contributed by atoms with Crippen LogP contribution in [0.1, 0.15) is 22.8 Å². The van der Waals surface area contributed by atoms with E-state index < -0.39 is 10.1 Å². The zero-order chi connectivity index (χ0) is 14.9. The van der Waals surface area contributed by atoms with E-state index in [1.807, 2.05) is 6.92 Å². The minimum atomic E-state index is -3.87. The van der Waals surface area contributed by atoms with Crippen molar-refractivity contribution in [1.82, 2.24) is 9.97 Å². The predicted molar refractivity (Wildman–Crippen MR) is 75.2 cm³/mol. The highest BCUT2D eigenvalue weighted by Gasteiger charge is 2.20. The number of aryl methyl sites for hydroxylation is 4. The summed E-state index contributed by atoms with van der Waals surface area (Å²) in [7, 11) is -3.87. The molecule has 0 amide bonds. The first kappa shape index (κ1) is 14.5. The normalized spacial score (nSPS) is 11.4. The molecule has 2 aromatic rings. The van der Waals surface area contributed by atoms with Gasteiger partial charge in [-0.3, -0.25) is 0 Å². The molecule has 1 aromatic heterocycles. The zero-order valence-electron chi connectivity index (χ0n) is 11.8. The largest absolute Gasteiger partial charge is 0.375 e. The van der Waals surface area contributed by atoms with E-state index in [1.54, 1.807) is 32.9 Å². The van der Waals surface area contributed by atoms with Crippen LogP contribution < -0.4 is 4.18 Å². The highest BCUT2D eigenvalue weighted by Crippen LogP contribution is 2.24. The third kappa shape index (κ3) is 2.96. The van der Waals surface area contributed by atoms with Gasteiger partial charge in [-0.15, -0.1) is 0 Å². The first-order valence-corrected chi connectivity index (χ1v) is 7.53. The molecular weight excluding hydrogens is 276 g/mol. The van der Waals surface area contributed by atoms with Crippen LogP contribution in [0, 0.1) is 27.7 Å². The fourth-order valence-electron chi connectivity index (χ4n) is 1.86. The second-order valence-electron chi connectivity index (χ2n) is 4.62. The molecule has 5 nitrogen and oxygen atoms in total. The second kappa shape index (κ2) is 5.20. The fourth-order valence-corrected chi connectivity index (χ4v) is 2.88. The molecule has 0 bridgehead atoms. The van der Waals surface area contributed by atoms with Gasteiger partial charge in [0.2, 0.25) is 0 Å². The number of hydrogen-bond acceptors (Lipinski definition) is 5. The van der Waals surface area contributed by atoms with Gasteiger partial charge in [-0.1, -0.05) is 17.7 Å². The van der Waals surface area contributed by atoms with Gasteiger partial charge in [-0.25, -0.2) is 9.97 Å². The molecule has 0 atom stereocenters. The number of benzene rings is 1. The molecule has 20 heavy (non-hydrogen) atoms. The summed E-state index contributed by atoms with van der Waals surface area (Å²) >= 11 is 0. The lowest BCUT2D eigenvalue weighted by atomic mass is 10.2. The van der Waals surface area contributed by atoms with E-state index in [4.69, 9.17) is 4.18 Å². The molecule has 0 saturated carbocycles. The third-order valence-corrected chi connectivity index (χ3v) is 4.05. The van der Waals surface area contributed by atoms with Crippen molar-refractivity contribution in [3.8, 4) is 5.75 Å². The van der Waals surface area contributed by atoms with Crippen molar-refractivity contribution < 1.29 is 12.6 Å². The van der Waals surface area contributed by atoms with Crippen molar-refractivity contribution in [3.63, 3.8) is 0 Å². The molecule has 0 aliphatic heterocycles. The SMILES string of the molecule is Cc1ccc(S(=O)(=O)Oc2c(C)nc(C)nc2C)cc1. The summed E-state index contributed by atoms with van der Waals surface area (Å²) in [4.78, 5) is 8.36. The Morgan fingerprint density at radius 3 is 1.90 bits per heavy atom. The average molecular weight is 292 g/mol. The lowest BCUT2D eigenvalue weighted by Crippen LogP contribution is -2.13. The topological polar surface area (TPSA) is 69.2 Å². The van der Waals surface area contributed by atoms with Crippen molar-refractivity contribution >= 4 is 10.1 Å². The minimum absolute atomic E-state index is 0.113. The molecule has 0 radical (unpaired) electrons. The number of nitrogens with zero attached hydrogens (tertiary/aromatic N) is 2. The van der Waals surface area contributed by atoms with Crippen molar-refractivity contribution in [2.45, 2.75) is 32.6 Å². The van der Waals surface area contributed by atoms with Gasteiger partial charge >= 0.3 is 10.1 Å². The summed E-state index contributed by atoms with van der Waals surface area (Å²) in [6, 6.07) is 6.48. The summed E-state index contributed by atoms with van der Waals surface area (Å²) in [6.07, 6.45) is 0. The van der Waals surface area contributed by atoms with Crippen molar-refractivity contribution in [3.05, 3.63) is 47.0 Å². The second-order valence-corrected chi connectivity index (χ2v) is 6.17. The highest BCUT2D eigenvalue weighted by atomic mass is 32.2. The standard InChI is InChI=1S/C14H16N2O3S/c1-9-5-7-13(8-6-9)20(17,18)19-14-10(2)15-12(4)16-11(14)3/h5-8H,1-4H3. The highest BCUT2D eigenvalue weighted by molar-refractivity contribution is 7.87. The molecule has 1 aromatic carbocycles. The van der Waals surface area contributed by atoms with Crippen LogP contribution in [0.5, 0.6) is 5.75 Å². The van der Waals surface area contributed by atoms with Gasteiger partial charge in [0.05, 0.1) is 11.4 Å². The Morgan fingerprint density at radius 2 is 1.40 bits per heavy atom. The maximum absolute atomic E-state index is 12.2. The van der Waals surface area contributed by atoms with Crippen molar-refractivity contribution in [1.29, 1.82) is 0 Å². The molecule has 0 fully saturated rings. The van der Waals surface area contributed by atoms with Gasteiger partial charge in [-0.2, -0.15) is 8.42 Å². The lowest BCUT2D eigenvalue weighted by molar-refractivity contribution is 0.478. The number of hydrogen-bond donors (Lipinski definition) is 0. The monoisotopic (exact) mass is 292 g/mol. The van der Waals surface area contributed by atoms with E-state index in [-0.39, 0.29) is 10.6 Å². The summed E-state index contributed by atoms with van der Waals surface area (Å²) < 4.78 is 29.6. The summed E-state index contributed by atoms with van der Waals surface area (Å²) in [5.74, 6) is 0.774. The van der Waals surface area contributed by atoms with Crippen LogP contribution in [0.15, 0.2) is 29.2 Å². The van der Waals surface area contributed by atoms with Gasteiger partial charge in [0.15, 0.2) is 5.75 Å². The summed E-state index contributed by atoms with van der Waals surface area (Å²) in [6.45, 7) is 7.03. The van der Waals surface area contributed by atoms with E-state index in [0.717, 1.165) is 5.56 Å². The van der Waals surface area contributed by atoms with Crippen LogP contribution in [0.2, 0.25) is 0 Å². The molecule has 0 spiro atoms. The first-order valence-electron chi connectivity index (χ1n) is 6.12. The summed E-state index contributed by atoms with van der Waals surface area (Å²) in [5, 5.41) is 0. The third-order valence-electron chi connectivity index (χ3n) is 2.82. The van der Waals surface area contributed by atoms with Gasteiger partial charge in [-0.05, 0) is 39.8 Å². The van der Waals surface area contributed by atoms with E-state index in [9.17, 15) is 8.42 Å². The molecule has 0 unspecified atom stereocenters. The van der Waals surface area contributed by atoms with Gasteiger partial charge < -0.3 is 4.18 Å². The molecule has 0 N–H and O–H groups in total. The molecule has 0 aliphatic rings. The fraction of sp³-hybridized carbons (Fsp3) is 0.286. The van der Waals surface area contributed by atoms with Crippen LogP contribution >= 0.6 is 0 Å². The minimum Gasteiger partial charge on any atom is -0.375 e. The maximum Gasteiger partial charge on any atom is 0.339 e. The maximum atomic E-state index is 12.2. The number of rotatable bonds is 3. The van der Waals surface area contributed by atoms with Crippen LogP contribution in [0.25, 0.3) is 0 Å². The Bertz CT molecular complexity index is 715. The Balaban J connectivity index is 2.41. The molecular formula is C14H16N2O3S. The molecule has 0 aliphatic carbocycles. The molecule has 2 rings (SSSR count). The Hall–Kier alpha value is -1.95. The van der Waals surface area contributed by atoms with Gasteiger partial charge in [0, 0.05) is 0 Å². The molecule has 1 heterocycles. The van der Waals surface area contributed by atoms with E-state index >= 15 is 0 Å². The van der Waals surface area contributed by atoms with E-state index in [1.165, 1.54) is 12.1 Å². The van der Waals surface area contributed by atoms with Crippen LogP contribution in [-0.2, 0) is 10.1 Å². The molecule has 106 valence electrons. The molecule has 6 heteroatoms. The van der Waals surface area contributed by atoms with Crippen LogP contribution in [-0.4, -0.2) is 18.4 Å². The van der Waals surface area contributed by atoms with E-state index in [0.29, 0.717) is 17.2 Å². The number of aromatic nitrogens is 2. The quantitative estimate of drug-likeness (QED) is 0.813. The van der Waals surface area contributed by atoms with Crippen LogP contribution in [0.4, 0.5) is 0 Å². The average Bonchev–Trinajstić information content (AvgIpc) is 2.34. The lowest BCUT2D eigenvalue weighted by Gasteiger charge is -2.11. The van der Waals surface area contributed by atoms with Gasteiger partial charge in [0.1, 0.15) is 10.7 Å². The van der Waals surface area contributed by atoms with Crippen molar-refractivity contribution in [2.75, 3.05) is 0 Å². The Labute approximate surface area is 118 Å². The van der Waals surface area contributed by atoms with Crippen molar-refractivity contribution in [2.24, 2.45) is 0 Å². The summed E-state index contributed by atoms with van der Waals surface area (Å²) in [5.41, 5.74) is 1.99.